The topological polar surface area (TPSA) is 74.2 Å². The Kier molecular flexibility index (Phi) is 6.45. The number of ether oxygens (including phenoxy) is 4. The zero-order valence-electron chi connectivity index (χ0n) is 13.7. The van der Waals surface area contributed by atoms with Gasteiger partial charge in [-0.05, 0) is 35.9 Å². The van der Waals surface area contributed by atoms with Gasteiger partial charge in [0.15, 0.2) is 11.5 Å². The number of carbonyl (C=O) groups is 1. The van der Waals surface area contributed by atoms with E-state index in [1.165, 1.54) is 19.2 Å². The van der Waals surface area contributed by atoms with E-state index in [4.69, 9.17) is 24.1 Å². The molecule has 0 spiro atoms. The summed E-state index contributed by atoms with van der Waals surface area (Å²) in [7, 11) is 3.09. The van der Waals surface area contributed by atoms with Gasteiger partial charge < -0.3 is 24.1 Å². The smallest absolute Gasteiger partial charge is 0.335 e. The number of methoxy groups -OCH3 is 2. The Hall–Kier alpha value is -2.73. The van der Waals surface area contributed by atoms with Crippen LogP contribution < -0.4 is 14.2 Å². The molecule has 0 unspecified atom stereocenters. The average Bonchev–Trinajstić information content (AvgIpc) is 2.61. The fourth-order valence-electron chi connectivity index (χ4n) is 2.04. The van der Waals surface area contributed by atoms with Crippen molar-refractivity contribution in [3.8, 4) is 17.2 Å². The van der Waals surface area contributed by atoms with Crippen LogP contribution in [0.1, 0.15) is 15.9 Å². The van der Waals surface area contributed by atoms with Gasteiger partial charge in [0.05, 0.1) is 33.0 Å². The Balaban J connectivity index is 1.78. The monoisotopic (exact) mass is 332 g/mol. The highest BCUT2D eigenvalue weighted by atomic mass is 16.5. The van der Waals surface area contributed by atoms with Crippen molar-refractivity contribution < 1.29 is 28.8 Å². The van der Waals surface area contributed by atoms with Crippen LogP contribution in [0.4, 0.5) is 0 Å². The normalized spacial score (nSPS) is 10.2. The van der Waals surface area contributed by atoms with Gasteiger partial charge in [0.1, 0.15) is 12.4 Å². The summed E-state index contributed by atoms with van der Waals surface area (Å²) in [6.45, 7) is 1.21. The first-order chi connectivity index (χ1) is 11.6. The van der Waals surface area contributed by atoms with Gasteiger partial charge in [-0.15, -0.1) is 0 Å². The molecule has 0 fully saturated rings. The molecule has 0 bridgehead atoms. The van der Waals surface area contributed by atoms with Crippen molar-refractivity contribution in [3.05, 3.63) is 53.6 Å². The van der Waals surface area contributed by atoms with Gasteiger partial charge in [-0.1, -0.05) is 12.1 Å². The van der Waals surface area contributed by atoms with Crippen LogP contribution in [0, 0.1) is 0 Å². The maximum Gasteiger partial charge on any atom is 0.335 e. The van der Waals surface area contributed by atoms with Crippen LogP contribution in [0.3, 0.4) is 0 Å². The number of hydrogen-bond acceptors (Lipinski definition) is 5. The summed E-state index contributed by atoms with van der Waals surface area (Å²) in [4.78, 5) is 10.9. The van der Waals surface area contributed by atoms with Crippen molar-refractivity contribution in [2.75, 3.05) is 27.4 Å². The van der Waals surface area contributed by atoms with Gasteiger partial charge in [0.2, 0.25) is 0 Å². The van der Waals surface area contributed by atoms with E-state index in [9.17, 15) is 4.79 Å². The Morgan fingerprint density at radius 3 is 2.33 bits per heavy atom. The molecule has 2 aromatic carbocycles. The van der Waals surface area contributed by atoms with Crippen LogP contribution in [0.5, 0.6) is 17.2 Å². The Morgan fingerprint density at radius 1 is 0.958 bits per heavy atom. The second-order valence-electron chi connectivity index (χ2n) is 4.92. The van der Waals surface area contributed by atoms with Crippen molar-refractivity contribution in [2.24, 2.45) is 0 Å². The molecule has 0 amide bonds. The highest BCUT2D eigenvalue weighted by molar-refractivity contribution is 5.88. The van der Waals surface area contributed by atoms with Crippen LogP contribution in [0.15, 0.2) is 42.5 Å². The standard InChI is InChI=1S/C18H20O6/c1-21-15-6-3-13(4-7-15)12-23-9-10-24-16-8-5-14(18(19)20)11-17(16)22-2/h3-8,11H,9-10,12H2,1-2H3,(H,19,20). The maximum atomic E-state index is 10.9. The number of aromatic carboxylic acids is 1. The van der Waals surface area contributed by atoms with E-state index < -0.39 is 5.97 Å². The first-order valence-corrected chi connectivity index (χ1v) is 7.39. The van der Waals surface area contributed by atoms with Crippen molar-refractivity contribution in [3.63, 3.8) is 0 Å². The molecule has 128 valence electrons. The van der Waals surface area contributed by atoms with Crippen LogP contribution in [-0.2, 0) is 11.3 Å². The third-order valence-corrected chi connectivity index (χ3v) is 3.32. The van der Waals surface area contributed by atoms with E-state index in [-0.39, 0.29) is 5.56 Å². The lowest BCUT2D eigenvalue weighted by Gasteiger charge is -2.11. The molecule has 24 heavy (non-hydrogen) atoms. The summed E-state index contributed by atoms with van der Waals surface area (Å²) in [5.74, 6) is 0.655. The summed E-state index contributed by atoms with van der Waals surface area (Å²) in [6.07, 6.45) is 0. The number of rotatable bonds is 9. The second kappa shape index (κ2) is 8.79. The summed E-state index contributed by atoms with van der Waals surface area (Å²) >= 11 is 0. The molecule has 2 aromatic rings. The fraction of sp³-hybridized carbons (Fsp3) is 0.278. The fourth-order valence-corrected chi connectivity index (χ4v) is 2.04. The van der Waals surface area contributed by atoms with Crippen LogP contribution in [0.25, 0.3) is 0 Å². The molecule has 0 aliphatic rings. The maximum absolute atomic E-state index is 10.9. The van der Waals surface area contributed by atoms with Crippen LogP contribution in [0.2, 0.25) is 0 Å². The van der Waals surface area contributed by atoms with E-state index >= 15 is 0 Å². The lowest BCUT2D eigenvalue weighted by Crippen LogP contribution is -2.08. The number of hydrogen-bond donors (Lipinski definition) is 1. The highest BCUT2D eigenvalue weighted by Crippen LogP contribution is 2.28. The largest absolute Gasteiger partial charge is 0.497 e. The lowest BCUT2D eigenvalue weighted by atomic mass is 10.2. The van der Waals surface area contributed by atoms with Gasteiger partial charge in [0, 0.05) is 0 Å². The Bertz CT molecular complexity index is 666. The van der Waals surface area contributed by atoms with E-state index in [0.717, 1.165) is 11.3 Å². The van der Waals surface area contributed by atoms with E-state index in [0.29, 0.717) is 31.3 Å². The Morgan fingerprint density at radius 2 is 1.71 bits per heavy atom. The van der Waals surface area contributed by atoms with Gasteiger partial charge in [0.25, 0.3) is 0 Å². The third kappa shape index (κ3) is 4.89. The molecule has 0 heterocycles. The van der Waals surface area contributed by atoms with Gasteiger partial charge in [-0.3, -0.25) is 0 Å². The quantitative estimate of drug-likeness (QED) is 0.712. The number of carboxylic acids is 1. The van der Waals surface area contributed by atoms with Crippen molar-refractivity contribution in [1.82, 2.24) is 0 Å². The minimum Gasteiger partial charge on any atom is -0.497 e. The minimum atomic E-state index is -1.01. The summed E-state index contributed by atoms with van der Waals surface area (Å²) < 4.78 is 21.4. The molecule has 0 atom stereocenters. The SMILES string of the molecule is COc1ccc(COCCOc2ccc(C(=O)O)cc2OC)cc1. The van der Waals surface area contributed by atoms with E-state index in [1.54, 1.807) is 13.2 Å². The minimum absolute atomic E-state index is 0.148. The first kappa shape index (κ1) is 17.6. The second-order valence-corrected chi connectivity index (χ2v) is 4.92. The predicted molar refractivity (Wildman–Crippen MR) is 88.1 cm³/mol. The molecule has 6 nitrogen and oxygen atoms in total. The van der Waals surface area contributed by atoms with Gasteiger partial charge in [-0.2, -0.15) is 0 Å². The molecule has 0 saturated carbocycles. The molecule has 0 aliphatic carbocycles. The summed E-state index contributed by atoms with van der Waals surface area (Å²) in [5.41, 5.74) is 1.19. The lowest BCUT2D eigenvalue weighted by molar-refractivity contribution is 0.0696. The Labute approximate surface area is 140 Å². The molecule has 0 saturated heterocycles. The molecule has 0 aliphatic heterocycles. The zero-order valence-corrected chi connectivity index (χ0v) is 13.7. The van der Waals surface area contributed by atoms with E-state index in [1.807, 2.05) is 24.3 Å². The number of carboxylic acid groups (broad SMARTS) is 1. The summed E-state index contributed by atoms with van der Waals surface area (Å²) in [6, 6.07) is 12.1. The van der Waals surface area contributed by atoms with Crippen LogP contribution >= 0.6 is 0 Å². The molecule has 2 rings (SSSR count). The average molecular weight is 332 g/mol. The summed E-state index contributed by atoms with van der Waals surface area (Å²) in [5, 5.41) is 8.96. The third-order valence-electron chi connectivity index (χ3n) is 3.32. The molecular weight excluding hydrogens is 312 g/mol. The number of benzene rings is 2. The van der Waals surface area contributed by atoms with Crippen molar-refractivity contribution in [1.29, 1.82) is 0 Å². The zero-order chi connectivity index (χ0) is 17.4. The van der Waals surface area contributed by atoms with E-state index in [2.05, 4.69) is 0 Å². The molecule has 6 heteroatoms. The first-order valence-electron chi connectivity index (χ1n) is 7.39. The molecular formula is C18H20O6. The predicted octanol–water partition coefficient (Wildman–Crippen LogP) is 3.00. The van der Waals surface area contributed by atoms with Crippen LogP contribution in [-0.4, -0.2) is 38.5 Å². The molecule has 0 aromatic heterocycles. The van der Waals surface area contributed by atoms with Crippen molar-refractivity contribution >= 4 is 5.97 Å². The van der Waals surface area contributed by atoms with Crippen molar-refractivity contribution in [2.45, 2.75) is 6.61 Å². The van der Waals surface area contributed by atoms with Gasteiger partial charge in [-0.25, -0.2) is 4.79 Å². The molecule has 0 radical (unpaired) electrons. The van der Waals surface area contributed by atoms with Gasteiger partial charge >= 0.3 is 5.97 Å². The molecule has 1 N–H and O–H groups in total. The highest BCUT2D eigenvalue weighted by Gasteiger charge is 2.09.